The first-order chi connectivity index (χ1) is 9.86. The maximum Gasteiger partial charge on any atom is 0.324 e. The van der Waals surface area contributed by atoms with Gasteiger partial charge in [0.05, 0.1) is 0 Å². The summed E-state index contributed by atoms with van der Waals surface area (Å²) in [5.41, 5.74) is 3.02. The highest BCUT2D eigenvalue weighted by Crippen LogP contribution is 2.23. The van der Waals surface area contributed by atoms with Crippen molar-refractivity contribution < 1.29 is 4.79 Å². The zero-order valence-corrected chi connectivity index (χ0v) is 12.9. The van der Waals surface area contributed by atoms with Gasteiger partial charge in [0.25, 0.3) is 0 Å². The van der Waals surface area contributed by atoms with Gasteiger partial charge < -0.3 is 5.32 Å². The molecule has 4 heteroatoms. The number of carbonyl (C=O) groups excluding carboxylic acids is 1. The Bertz CT molecular complexity index is 627. The minimum absolute atomic E-state index is 0.103. The summed E-state index contributed by atoms with van der Waals surface area (Å²) in [6, 6.07) is 11.3. The lowest BCUT2D eigenvalue weighted by molar-refractivity contribution is 0.262. The molecular weight excluding hydrogens is 262 g/mol. The number of carbonyl (C=O) groups is 1. The van der Waals surface area contributed by atoms with Crippen molar-refractivity contribution in [3.63, 3.8) is 0 Å². The molecule has 2 rings (SSSR count). The summed E-state index contributed by atoms with van der Waals surface area (Å²) in [6.07, 6.45) is 1.65. The fourth-order valence-corrected chi connectivity index (χ4v) is 1.94. The number of nitrogens with one attached hydrogen (secondary N) is 2. The van der Waals surface area contributed by atoms with Gasteiger partial charge in [-0.25, -0.2) is 9.78 Å². The minimum atomic E-state index is -0.291. The van der Waals surface area contributed by atoms with Gasteiger partial charge in [-0.15, -0.1) is 0 Å². The molecule has 0 spiro atoms. The number of anilines is 2. The fourth-order valence-electron chi connectivity index (χ4n) is 1.94. The Balaban J connectivity index is 2.02. The van der Waals surface area contributed by atoms with E-state index in [2.05, 4.69) is 36.4 Å². The van der Waals surface area contributed by atoms with Gasteiger partial charge in [0.15, 0.2) is 0 Å². The number of pyridine rings is 1. The monoisotopic (exact) mass is 283 g/mol. The number of benzene rings is 1. The molecule has 2 N–H and O–H groups in total. The van der Waals surface area contributed by atoms with Crippen LogP contribution in [0.25, 0.3) is 0 Å². The molecule has 0 fully saturated rings. The maximum atomic E-state index is 12.0. The van der Waals surface area contributed by atoms with E-state index in [4.69, 9.17) is 0 Å². The molecule has 0 radical (unpaired) electrons. The van der Waals surface area contributed by atoms with Crippen molar-refractivity contribution in [3.8, 4) is 0 Å². The molecule has 0 aliphatic rings. The van der Waals surface area contributed by atoms with Gasteiger partial charge in [-0.2, -0.15) is 0 Å². The largest absolute Gasteiger partial charge is 0.324 e. The van der Waals surface area contributed by atoms with E-state index in [1.165, 1.54) is 5.56 Å². The Hall–Kier alpha value is -2.36. The predicted octanol–water partition coefficient (Wildman–Crippen LogP) is 4.33. The number of hydrogen-bond acceptors (Lipinski definition) is 2. The highest BCUT2D eigenvalue weighted by molar-refractivity contribution is 5.99. The molecule has 0 saturated carbocycles. The average Bonchev–Trinajstić information content (AvgIpc) is 2.41. The minimum Gasteiger partial charge on any atom is -0.308 e. The molecule has 2 aromatic rings. The first-order valence-corrected chi connectivity index (χ1v) is 6.96. The summed E-state index contributed by atoms with van der Waals surface area (Å²) in [7, 11) is 0. The lowest BCUT2D eigenvalue weighted by Crippen LogP contribution is -2.20. The molecule has 0 saturated heterocycles. The van der Waals surface area contributed by atoms with Gasteiger partial charge in [0.1, 0.15) is 5.82 Å². The van der Waals surface area contributed by atoms with Crippen LogP contribution in [0.15, 0.2) is 42.6 Å². The molecule has 110 valence electrons. The predicted molar refractivity (Wildman–Crippen MR) is 86.8 cm³/mol. The molecular formula is C17H21N3O. The van der Waals surface area contributed by atoms with Crippen molar-refractivity contribution in [1.82, 2.24) is 4.98 Å². The molecule has 1 aromatic heterocycles. The summed E-state index contributed by atoms with van der Waals surface area (Å²) in [5, 5.41) is 5.55. The summed E-state index contributed by atoms with van der Waals surface area (Å²) in [6.45, 7) is 8.38. The Morgan fingerprint density at radius 1 is 1.05 bits per heavy atom. The van der Waals surface area contributed by atoms with Crippen LogP contribution in [0, 0.1) is 6.92 Å². The van der Waals surface area contributed by atoms with E-state index in [0.29, 0.717) is 5.82 Å². The smallest absolute Gasteiger partial charge is 0.308 e. The Morgan fingerprint density at radius 2 is 1.71 bits per heavy atom. The third kappa shape index (κ3) is 4.05. The lowest BCUT2D eigenvalue weighted by atomic mass is 9.87. The zero-order valence-electron chi connectivity index (χ0n) is 12.9. The van der Waals surface area contributed by atoms with Crippen molar-refractivity contribution in [3.05, 3.63) is 53.7 Å². The van der Waals surface area contributed by atoms with Crippen molar-refractivity contribution in [2.45, 2.75) is 33.1 Å². The van der Waals surface area contributed by atoms with Crippen LogP contribution < -0.4 is 10.6 Å². The van der Waals surface area contributed by atoms with Gasteiger partial charge in [-0.3, -0.25) is 5.32 Å². The number of aryl methyl sites for hydroxylation is 1. The first-order valence-electron chi connectivity index (χ1n) is 6.96. The quantitative estimate of drug-likeness (QED) is 0.861. The summed E-state index contributed by atoms with van der Waals surface area (Å²) in [5.74, 6) is 0.571. The number of amides is 2. The van der Waals surface area contributed by atoms with Crippen LogP contribution in [0.4, 0.5) is 16.3 Å². The Kier molecular flexibility index (Phi) is 4.26. The normalized spacial score (nSPS) is 11.0. The average molecular weight is 283 g/mol. The fraction of sp³-hybridized carbons (Fsp3) is 0.294. The third-order valence-electron chi connectivity index (χ3n) is 3.25. The molecule has 0 atom stereocenters. The van der Waals surface area contributed by atoms with Crippen LogP contribution >= 0.6 is 0 Å². The topological polar surface area (TPSA) is 54.0 Å². The maximum absolute atomic E-state index is 12.0. The molecule has 0 unspecified atom stereocenters. The van der Waals surface area contributed by atoms with Crippen LogP contribution in [-0.4, -0.2) is 11.0 Å². The van der Waals surface area contributed by atoms with Gasteiger partial charge in [0, 0.05) is 11.9 Å². The molecule has 2 amide bonds. The van der Waals surface area contributed by atoms with E-state index in [-0.39, 0.29) is 11.4 Å². The van der Waals surface area contributed by atoms with Gasteiger partial charge in [-0.1, -0.05) is 39.0 Å². The molecule has 1 heterocycles. The summed E-state index contributed by atoms with van der Waals surface area (Å²) in [4.78, 5) is 16.1. The van der Waals surface area contributed by atoms with Crippen LogP contribution in [0.5, 0.6) is 0 Å². The van der Waals surface area contributed by atoms with Crippen LogP contribution in [0.2, 0.25) is 0 Å². The van der Waals surface area contributed by atoms with Crippen molar-refractivity contribution >= 4 is 17.5 Å². The number of aromatic nitrogens is 1. The second kappa shape index (κ2) is 5.95. The molecule has 1 aromatic carbocycles. The number of nitrogens with zero attached hydrogens (tertiary/aromatic N) is 1. The van der Waals surface area contributed by atoms with E-state index in [0.717, 1.165) is 11.3 Å². The van der Waals surface area contributed by atoms with E-state index >= 15 is 0 Å². The van der Waals surface area contributed by atoms with E-state index < -0.39 is 0 Å². The van der Waals surface area contributed by atoms with Crippen LogP contribution in [0.3, 0.4) is 0 Å². The molecule has 0 bridgehead atoms. The molecule has 0 aliphatic heterocycles. The van der Waals surface area contributed by atoms with Crippen molar-refractivity contribution in [2.24, 2.45) is 0 Å². The van der Waals surface area contributed by atoms with Gasteiger partial charge in [-0.05, 0) is 41.7 Å². The van der Waals surface area contributed by atoms with E-state index in [1.54, 1.807) is 6.20 Å². The second-order valence-electron chi connectivity index (χ2n) is 6.08. The number of hydrogen-bond donors (Lipinski definition) is 2. The second-order valence-corrected chi connectivity index (χ2v) is 6.08. The third-order valence-corrected chi connectivity index (χ3v) is 3.25. The Morgan fingerprint density at radius 3 is 2.29 bits per heavy atom. The molecule has 21 heavy (non-hydrogen) atoms. The standard InChI is InChI=1S/C17H21N3O/c1-12-6-5-11-18-15(12)20-16(21)19-14-9-7-13(8-10-14)17(2,3)4/h5-11H,1-4H3,(H2,18,19,20,21). The van der Waals surface area contributed by atoms with E-state index in [1.807, 2.05) is 43.3 Å². The van der Waals surface area contributed by atoms with Crippen LogP contribution in [-0.2, 0) is 5.41 Å². The SMILES string of the molecule is Cc1cccnc1NC(=O)Nc1ccc(C(C)(C)C)cc1. The number of rotatable bonds is 2. The lowest BCUT2D eigenvalue weighted by Gasteiger charge is -2.19. The molecule has 0 aliphatic carbocycles. The number of urea groups is 1. The van der Waals surface area contributed by atoms with Gasteiger partial charge >= 0.3 is 6.03 Å². The first kappa shape index (κ1) is 15.0. The molecule has 4 nitrogen and oxygen atoms in total. The zero-order chi connectivity index (χ0) is 15.5. The highest BCUT2D eigenvalue weighted by atomic mass is 16.2. The van der Waals surface area contributed by atoms with Gasteiger partial charge in [0.2, 0.25) is 0 Å². The van der Waals surface area contributed by atoms with Crippen LogP contribution in [0.1, 0.15) is 31.9 Å². The summed E-state index contributed by atoms with van der Waals surface area (Å²) >= 11 is 0. The summed E-state index contributed by atoms with van der Waals surface area (Å²) < 4.78 is 0. The van der Waals surface area contributed by atoms with E-state index in [9.17, 15) is 4.79 Å². The van der Waals surface area contributed by atoms with Crippen molar-refractivity contribution in [1.29, 1.82) is 0 Å². The highest BCUT2D eigenvalue weighted by Gasteiger charge is 2.13. The van der Waals surface area contributed by atoms with Crippen molar-refractivity contribution in [2.75, 3.05) is 10.6 Å². The Labute approximate surface area is 125 Å².